The summed E-state index contributed by atoms with van der Waals surface area (Å²) >= 11 is 1.89. The number of benzene rings is 10. The van der Waals surface area contributed by atoms with E-state index in [2.05, 4.69) is 240 Å². The van der Waals surface area contributed by atoms with Gasteiger partial charge in [0.25, 0.3) is 0 Å². The average molecular weight is 795 g/mol. The van der Waals surface area contributed by atoms with Crippen LogP contribution in [0.15, 0.2) is 231 Å². The SMILES string of the molecule is c1ccc(-c2cccc3c2sc2c(N(c4ccc(-c5cccc6cccc(-c7ccccc7)c56)cc4)c4cccc(-n5c6ccccc6c6ccccc65)c4)cccc23)cc1. The van der Waals surface area contributed by atoms with E-state index in [-0.39, 0.29) is 0 Å². The fourth-order valence-corrected chi connectivity index (χ4v) is 10.8. The zero-order valence-corrected chi connectivity index (χ0v) is 34.1. The molecular weight excluding hydrogens is 757 g/mol. The Morgan fingerprint density at radius 1 is 0.344 bits per heavy atom. The lowest BCUT2D eigenvalue weighted by atomic mass is 9.91. The van der Waals surface area contributed by atoms with Gasteiger partial charge in [0, 0.05) is 43.3 Å². The summed E-state index contributed by atoms with van der Waals surface area (Å²) in [7, 11) is 0. The van der Waals surface area contributed by atoms with E-state index in [0.29, 0.717) is 0 Å². The summed E-state index contributed by atoms with van der Waals surface area (Å²) < 4.78 is 4.97. The van der Waals surface area contributed by atoms with Crippen LogP contribution in [-0.4, -0.2) is 4.57 Å². The van der Waals surface area contributed by atoms with Crippen molar-refractivity contribution in [3.05, 3.63) is 231 Å². The number of fused-ring (bicyclic) bond motifs is 7. The number of para-hydroxylation sites is 2. The smallest absolute Gasteiger partial charge is 0.0640 e. The molecule has 0 radical (unpaired) electrons. The first kappa shape index (κ1) is 35.2. The van der Waals surface area contributed by atoms with Gasteiger partial charge in [-0.1, -0.05) is 182 Å². The fraction of sp³-hybridized carbons (Fsp3) is 0. The Morgan fingerprint density at radius 3 is 1.52 bits per heavy atom. The number of anilines is 3. The quantitative estimate of drug-likeness (QED) is 0.156. The third-order valence-electron chi connectivity index (χ3n) is 12.2. The molecule has 0 saturated carbocycles. The second-order valence-electron chi connectivity index (χ2n) is 15.7. The highest BCUT2D eigenvalue weighted by molar-refractivity contribution is 7.27. The summed E-state index contributed by atoms with van der Waals surface area (Å²) in [5.74, 6) is 0. The minimum Gasteiger partial charge on any atom is -0.309 e. The molecule has 0 atom stereocenters. The zero-order valence-electron chi connectivity index (χ0n) is 33.2. The van der Waals surface area contributed by atoms with E-state index in [4.69, 9.17) is 0 Å². The first-order valence-electron chi connectivity index (χ1n) is 20.8. The number of aromatic nitrogens is 1. The van der Waals surface area contributed by atoms with Gasteiger partial charge in [0.15, 0.2) is 0 Å². The molecule has 0 fully saturated rings. The largest absolute Gasteiger partial charge is 0.309 e. The standard InChI is InChI=1S/C58H38N2S/c1-3-16-39(17-4-1)46-26-11-20-42-21-12-27-47(56(42)46)41-34-36-43(37-35-41)59(44-22-13-23-45(38-44)60-53-31-9-7-24-49(53)50-25-8-10-32-54(50)60)55-33-15-30-52-51-29-14-28-48(57(51)61-58(52)55)40-18-5-2-6-19-40/h1-38H. The van der Waals surface area contributed by atoms with Crippen LogP contribution in [0.2, 0.25) is 0 Å². The average Bonchev–Trinajstić information content (AvgIpc) is 3.89. The Bertz CT molecular complexity index is 3520. The number of thiophene rings is 1. The normalized spacial score (nSPS) is 11.6. The highest BCUT2D eigenvalue weighted by atomic mass is 32.1. The summed E-state index contributed by atoms with van der Waals surface area (Å²) in [6.45, 7) is 0. The second-order valence-corrected chi connectivity index (χ2v) is 16.7. The van der Waals surface area contributed by atoms with Crippen LogP contribution in [0.5, 0.6) is 0 Å². The topological polar surface area (TPSA) is 8.17 Å². The van der Waals surface area contributed by atoms with E-state index in [1.807, 2.05) is 11.3 Å². The van der Waals surface area contributed by atoms with Crippen molar-refractivity contribution < 1.29 is 0 Å². The molecule has 0 amide bonds. The molecule has 3 heteroatoms. The van der Waals surface area contributed by atoms with Crippen molar-refractivity contribution in [3.8, 4) is 39.1 Å². The number of rotatable bonds is 7. The van der Waals surface area contributed by atoms with Gasteiger partial charge in [0.2, 0.25) is 0 Å². The minimum atomic E-state index is 1.09. The Hall–Kier alpha value is -7.72. The summed E-state index contributed by atoms with van der Waals surface area (Å²) in [6.07, 6.45) is 0. The molecule has 12 rings (SSSR count). The van der Waals surface area contributed by atoms with Gasteiger partial charge in [0.05, 0.1) is 21.4 Å². The van der Waals surface area contributed by atoms with Crippen molar-refractivity contribution in [2.75, 3.05) is 4.90 Å². The van der Waals surface area contributed by atoms with Gasteiger partial charge in [-0.05, 0) is 92.7 Å². The van der Waals surface area contributed by atoms with E-state index < -0.39 is 0 Å². The molecule has 286 valence electrons. The molecule has 10 aromatic carbocycles. The van der Waals surface area contributed by atoms with Gasteiger partial charge in [0.1, 0.15) is 0 Å². The Labute approximate surface area is 358 Å². The molecule has 0 bridgehead atoms. The monoisotopic (exact) mass is 794 g/mol. The third kappa shape index (κ3) is 5.85. The van der Waals surface area contributed by atoms with E-state index in [9.17, 15) is 0 Å². The molecule has 12 aromatic rings. The molecule has 2 heterocycles. The first-order valence-corrected chi connectivity index (χ1v) is 21.7. The van der Waals surface area contributed by atoms with Gasteiger partial charge in [-0.25, -0.2) is 0 Å². The second kappa shape index (κ2) is 14.5. The molecule has 2 nitrogen and oxygen atoms in total. The molecule has 0 saturated heterocycles. The number of nitrogens with zero attached hydrogens (tertiary/aromatic N) is 2. The lowest BCUT2D eigenvalue weighted by Crippen LogP contribution is -2.10. The van der Waals surface area contributed by atoms with Crippen LogP contribution in [0.25, 0.3) is 91.8 Å². The molecule has 0 unspecified atom stereocenters. The molecule has 0 aliphatic heterocycles. The van der Waals surface area contributed by atoms with Gasteiger partial charge in [-0.2, -0.15) is 0 Å². The Kier molecular flexibility index (Phi) is 8.39. The van der Waals surface area contributed by atoms with Crippen LogP contribution in [0, 0.1) is 0 Å². The van der Waals surface area contributed by atoms with Crippen molar-refractivity contribution in [3.63, 3.8) is 0 Å². The summed E-state index contributed by atoms with van der Waals surface area (Å²) in [5, 5.41) is 7.55. The highest BCUT2D eigenvalue weighted by Crippen LogP contribution is 2.48. The maximum absolute atomic E-state index is 2.46. The number of hydrogen-bond donors (Lipinski definition) is 0. The van der Waals surface area contributed by atoms with Crippen molar-refractivity contribution in [1.82, 2.24) is 4.57 Å². The van der Waals surface area contributed by atoms with Gasteiger partial charge in [-0.15, -0.1) is 11.3 Å². The minimum absolute atomic E-state index is 1.09. The van der Waals surface area contributed by atoms with Crippen LogP contribution >= 0.6 is 11.3 Å². The van der Waals surface area contributed by atoms with Gasteiger partial charge < -0.3 is 9.47 Å². The van der Waals surface area contributed by atoms with Crippen LogP contribution in [0.3, 0.4) is 0 Å². The van der Waals surface area contributed by atoms with E-state index in [0.717, 1.165) is 22.7 Å². The number of hydrogen-bond acceptors (Lipinski definition) is 2. The predicted octanol–water partition coefficient (Wildman–Crippen LogP) is 16.8. The molecule has 0 aliphatic carbocycles. The summed E-state index contributed by atoms with van der Waals surface area (Å²) in [5.41, 5.74) is 14.2. The maximum Gasteiger partial charge on any atom is 0.0640 e. The summed E-state index contributed by atoms with van der Waals surface area (Å²) in [6, 6.07) is 84.1. The van der Waals surface area contributed by atoms with E-state index >= 15 is 0 Å². The lowest BCUT2D eigenvalue weighted by molar-refractivity contribution is 1.17. The Morgan fingerprint density at radius 2 is 0.852 bits per heavy atom. The maximum atomic E-state index is 2.46. The van der Waals surface area contributed by atoms with Crippen molar-refractivity contribution >= 4 is 81.1 Å². The molecular formula is C58H38N2S. The van der Waals surface area contributed by atoms with E-state index in [1.54, 1.807) is 0 Å². The molecule has 0 aliphatic rings. The van der Waals surface area contributed by atoms with Crippen LogP contribution < -0.4 is 4.90 Å². The predicted molar refractivity (Wildman–Crippen MR) is 262 cm³/mol. The molecule has 0 N–H and O–H groups in total. The van der Waals surface area contributed by atoms with Crippen LogP contribution in [0.1, 0.15) is 0 Å². The van der Waals surface area contributed by atoms with Crippen molar-refractivity contribution in [2.45, 2.75) is 0 Å². The fourth-order valence-electron chi connectivity index (χ4n) is 9.46. The lowest BCUT2D eigenvalue weighted by Gasteiger charge is -2.27. The van der Waals surface area contributed by atoms with Crippen LogP contribution in [0.4, 0.5) is 17.1 Å². The summed E-state index contributed by atoms with van der Waals surface area (Å²) in [4.78, 5) is 2.46. The third-order valence-corrected chi connectivity index (χ3v) is 13.5. The zero-order chi connectivity index (χ0) is 40.3. The van der Waals surface area contributed by atoms with Crippen molar-refractivity contribution in [2.24, 2.45) is 0 Å². The van der Waals surface area contributed by atoms with Crippen LogP contribution in [-0.2, 0) is 0 Å². The first-order chi connectivity index (χ1) is 30.3. The van der Waals surface area contributed by atoms with E-state index in [1.165, 1.54) is 86.1 Å². The molecule has 2 aromatic heterocycles. The highest BCUT2D eigenvalue weighted by Gasteiger charge is 2.21. The Balaban J connectivity index is 1.07. The van der Waals surface area contributed by atoms with Crippen molar-refractivity contribution in [1.29, 1.82) is 0 Å². The molecule has 61 heavy (non-hydrogen) atoms. The van der Waals surface area contributed by atoms with Gasteiger partial charge in [-0.3, -0.25) is 0 Å². The molecule has 0 spiro atoms. The van der Waals surface area contributed by atoms with Gasteiger partial charge >= 0.3 is 0 Å².